The molecule has 2 aromatic rings. The van der Waals surface area contributed by atoms with E-state index in [1.165, 1.54) is 11.9 Å². The first-order valence-electron chi connectivity index (χ1n) is 5.83. The molecule has 0 bridgehead atoms. The molecule has 0 saturated heterocycles. The lowest BCUT2D eigenvalue weighted by molar-refractivity contribution is 0.307. The lowest BCUT2D eigenvalue weighted by Crippen LogP contribution is -2.01. The summed E-state index contributed by atoms with van der Waals surface area (Å²) in [5.74, 6) is 0.718. The molecule has 0 saturated carbocycles. The molecule has 0 fully saturated rings. The van der Waals surface area contributed by atoms with Crippen molar-refractivity contribution in [1.29, 1.82) is 0 Å². The van der Waals surface area contributed by atoms with E-state index in [9.17, 15) is 0 Å². The first-order valence-corrected chi connectivity index (χ1v) is 7.44. The Kier molecular flexibility index (Phi) is 4.93. The van der Waals surface area contributed by atoms with Gasteiger partial charge in [0.1, 0.15) is 23.2 Å². The van der Waals surface area contributed by atoms with Crippen LogP contribution in [-0.2, 0) is 6.61 Å². The molecular weight excluding hydrogens is 280 g/mol. The van der Waals surface area contributed by atoms with Gasteiger partial charge in [0.25, 0.3) is 0 Å². The first kappa shape index (κ1) is 14.0. The summed E-state index contributed by atoms with van der Waals surface area (Å²) >= 11 is 7.48. The number of halogens is 1. The van der Waals surface area contributed by atoms with Gasteiger partial charge in [-0.2, -0.15) is 0 Å². The highest BCUT2D eigenvalue weighted by atomic mass is 35.5. The number of nitrogens with zero attached hydrogens (tertiary/aromatic N) is 1. The number of pyridine rings is 1. The van der Waals surface area contributed by atoms with E-state index < -0.39 is 0 Å². The van der Waals surface area contributed by atoms with Crippen molar-refractivity contribution in [2.24, 2.45) is 0 Å². The Morgan fingerprint density at radius 1 is 1.32 bits per heavy atom. The highest BCUT2D eigenvalue weighted by Gasteiger charge is 2.10. The lowest BCUT2D eigenvalue weighted by atomic mass is 10.2. The van der Waals surface area contributed by atoms with E-state index in [0.29, 0.717) is 11.8 Å². The molecular formula is C14H15ClN2OS. The third kappa shape index (κ3) is 3.78. The minimum Gasteiger partial charge on any atom is -0.487 e. The summed E-state index contributed by atoms with van der Waals surface area (Å²) < 4.78 is 9.02. The summed E-state index contributed by atoms with van der Waals surface area (Å²) in [7, 11) is 0. The summed E-state index contributed by atoms with van der Waals surface area (Å²) in [5, 5.41) is 0.437. The van der Waals surface area contributed by atoms with E-state index in [4.69, 9.17) is 16.3 Å². The quantitative estimate of drug-likeness (QED) is 0.658. The third-order valence-corrected chi connectivity index (χ3v) is 3.18. The number of nitrogens with one attached hydrogen (secondary N) is 1. The first-order chi connectivity index (χ1) is 9.20. The molecule has 0 radical (unpaired) electrons. The summed E-state index contributed by atoms with van der Waals surface area (Å²) in [5.41, 5.74) is 2.81. The molecule has 0 amide bonds. The second kappa shape index (κ2) is 6.68. The van der Waals surface area contributed by atoms with Crippen molar-refractivity contribution in [2.45, 2.75) is 13.5 Å². The molecule has 2 rings (SSSR count). The molecule has 100 valence electrons. The van der Waals surface area contributed by atoms with E-state index in [1.807, 2.05) is 43.5 Å². The van der Waals surface area contributed by atoms with E-state index in [1.54, 1.807) is 6.07 Å². The molecule has 0 spiro atoms. The molecule has 0 unspecified atom stereocenters. The highest BCUT2D eigenvalue weighted by Crippen LogP contribution is 2.32. The van der Waals surface area contributed by atoms with Crippen molar-refractivity contribution >= 4 is 29.2 Å². The van der Waals surface area contributed by atoms with Crippen LogP contribution in [0.2, 0.25) is 5.15 Å². The van der Waals surface area contributed by atoms with Crippen molar-refractivity contribution in [3.8, 4) is 5.75 Å². The average Bonchev–Trinajstić information content (AvgIpc) is 2.41. The predicted molar refractivity (Wildman–Crippen MR) is 81.9 cm³/mol. The number of aryl methyl sites for hydroxylation is 1. The fourth-order valence-corrected chi connectivity index (χ4v) is 2.36. The molecule has 1 N–H and O–H groups in total. The SMILES string of the molecule is CSNc1c(OCc2ccccc2)cc(Cl)nc1C. The van der Waals surface area contributed by atoms with Gasteiger partial charge in [-0.15, -0.1) is 0 Å². The Labute approximate surface area is 122 Å². The van der Waals surface area contributed by atoms with Gasteiger partial charge in [-0.25, -0.2) is 4.98 Å². The zero-order valence-corrected chi connectivity index (χ0v) is 12.4. The molecule has 1 aromatic heterocycles. The number of benzene rings is 1. The maximum absolute atomic E-state index is 5.98. The molecule has 19 heavy (non-hydrogen) atoms. The zero-order chi connectivity index (χ0) is 13.7. The van der Waals surface area contributed by atoms with Gasteiger partial charge < -0.3 is 9.46 Å². The molecule has 1 heterocycles. The molecule has 3 nitrogen and oxygen atoms in total. The van der Waals surface area contributed by atoms with Gasteiger partial charge in [0, 0.05) is 12.3 Å². The van der Waals surface area contributed by atoms with Crippen molar-refractivity contribution in [1.82, 2.24) is 4.98 Å². The van der Waals surface area contributed by atoms with E-state index in [2.05, 4.69) is 9.71 Å². The minimum atomic E-state index is 0.437. The number of rotatable bonds is 5. The monoisotopic (exact) mass is 294 g/mol. The summed E-state index contributed by atoms with van der Waals surface area (Å²) in [4.78, 5) is 4.22. The molecule has 0 atom stereocenters. The number of anilines is 1. The lowest BCUT2D eigenvalue weighted by Gasteiger charge is -2.14. The molecule has 0 aliphatic carbocycles. The van der Waals surface area contributed by atoms with Gasteiger partial charge in [0.15, 0.2) is 0 Å². The van der Waals surface area contributed by atoms with E-state index in [-0.39, 0.29) is 0 Å². The molecule has 0 aliphatic heterocycles. The van der Waals surface area contributed by atoms with Crippen LogP contribution in [0.25, 0.3) is 0 Å². The highest BCUT2D eigenvalue weighted by molar-refractivity contribution is 7.99. The summed E-state index contributed by atoms with van der Waals surface area (Å²) in [6, 6.07) is 11.7. The van der Waals surface area contributed by atoms with Gasteiger partial charge in [0.05, 0.1) is 5.69 Å². The van der Waals surface area contributed by atoms with Crippen LogP contribution in [0.5, 0.6) is 5.75 Å². The van der Waals surface area contributed by atoms with Crippen molar-refractivity contribution < 1.29 is 4.74 Å². The second-order valence-corrected chi connectivity index (χ2v) is 4.98. The maximum atomic E-state index is 5.98. The van der Waals surface area contributed by atoms with Gasteiger partial charge in [0.2, 0.25) is 0 Å². The molecule has 0 aliphatic rings. The second-order valence-electron chi connectivity index (χ2n) is 3.98. The number of hydrogen-bond donors (Lipinski definition) is 1. The van der Waals surface area contributed by atoms with Crippen molar-refractivity contribution in [3.05, 3.63) is 52.8 Å². The van der Waals surface area contributed by atoms with Crippen molar-refractivity contribution in [3.63, 3.8) is 0 Å². The van der Waals surface area contributed by atoms with Crippen LogP contribution in [0, 0.1) is 6.92 Å². The van der Waals surface area contributed by atoms with Crippen molar-refractivity contribution in [2.75, 3.05) is 11.0 Å². The van der Waals surface area contributed by atoms with Crippen LogP contribution in [0.3, 0.4) is 0 Å². The Hall–Kier alpha value is -1.39. The van der Waals surface area contributed by atoms with Crippen LogP contribution in [-0.4, -0.2) is 11.2 Å². The Bertz CT molecular complexity index is 549. The number of aromatic nitrogens is 1. The van der Waals surface area contributed by atoms with Crippen LogP contribution in [0.15, 0.2) is 36.4 Å². The standard InChI is InChI=1S/C14H15ClN2OS/c1-10-14(17-19-2)12(8-13(15)16-10)18-9-11-6-4-3-5-7-11/h3-8,17H,9H2,1-2H3. The van der Waals surface area contributed by atoms with Gasteiger partial charge in [-0.1, -0.05) is 53.9 Å². The van der Waals surface area contributed by atoms with E-state index in [0.717, 1.165) is 22.7 Å². The number of hydrogen-bond acceptors (Lipinski definition) is 4. The zero-order valence-electron chi connectivity index (χ0n) is 10.8. The Morgan fingerprint density at radius 2 is 2.05 bits per heavy atom. The minimum absolute atomic E-state index is 0.437. The number of ether oxygens (including phenoxy) is 1. The maximum Gasteiger partial charge on any atom is 0.148 e. The smallest absolute Gasteiger partial charge is 0.148 e. The van der Waals surface area contributed by atoms with Gasteiger partial charge >= 0.3 is 0 Å². The normalized spacial score (nSPS) is 10.3. The fourth-order valence-electron chi connectivity index (χ4n) is 1.68. The fraction of sp³-hybridized carbons (Fsp3) is 0.214. The summed E-state index contributed by atoms with van der Waals surface area (Å²) in [6.07, 6.45) is 1.95. The predicted octanol–water partition coefficient (Wildman–Crippen LogP) is 4.31. The van der Waals surface area contributed by atoms with E-state index >= 15 is 0 Å². The van der Waals surface area contributed by atoms with Crippen LogP contribution in [0.4, 0.5) is 5.69 Å². The van der Waals surface area contributed by atoms with Crippen LogP contribution >= 0.6 is 23.5 Å². The van der Waals surface area contributed by atoms with Crippen LogP contribution in [0.1, 0.15) is 11.3 Å². The largest absolute Gasteiger partial charge is 0.487 e. The Balaban J connectivity index is 2.19. The molecule has 5 heteroatoms. The Morgan fingerprint density at radius 3 is 2.74 bits per heavy atom. The summed E-state index contributed by atoms with van der Waals surface area (Å²) in [6.45, 7) is 2.41. The topological polar surface area (TPSA) is 34.1 Å². The van der Waals surface area contributed by atoms with Gasteiger partial charge in [-0.3, -0.25) is 0 Å². The third-order valence-electron chi connectivity index (χ3n) is 2.57. The molecule has 1 aromatic carbocycles. The van der Waals surface area contributed by atoms with Gasteiger partial charge in [-0.05, 0) is 12.5 Å². The van der Waals surface area contributed by atoms with Crippen LogP contribution < -0.4 is 9.46 Å². The average molecular weight is 295 g/mol.